The molecule has 0 spiro atoms. The zero-order chi connectivity index (χ0) is 14.6. The Balaban J connectivity index is 2.10. The summed E-state index contributed by atoms with van der Waals surface area (Å²) in [5.74, 6) is 0.229. The number of nitrogens with zero attached hydrogens (tertiary/aromatic N) is 1. The van der Waals surface area contributed by atoms with Gasteiger partial charge in [-0.25, -0.2) is 0 Å². The fourth-order valence-corrected chi connectivity index (χ4v) is 3.47. The molecule has 4 heteroatoms. The third-order valence-electron chi connectivity index (χ3n) is 4.04. The highest BCUT2D eigenvalue weighted by Gasteiger charge is 2.41. The van der Waals surface area contributed by atoms with Gasteiger partial charge in [-0.3, -0.25) is 4.79 Å². The maximum absolute atomic E-state index is 12.8. The van der Waals surface area contributed by atoms with E-state index in [4.69, 9.17) is 0 Å². The van der Waals surface area contributed by atoms with E-state index in [9.17, 15) is 4.79 Å². The topological polar surface area (TPSA) is 32.3 Å². The number of likely N-dealkylation sites (N-methyl/N-ethyl adjacent to an activating group) is 1. The molecule has 1 heterocycles. The maximum Gasteiger partial charge on any atom is 0.242 e. The lowest BCUT2D eigenvalue weighted by Gasteiger charge is -2.32. The third-order valence-corrected chi connectivity index (χ3v) is 4.82. The minimum atomic E-state index is -0.329. The molecule has 110 valence electrons. The Bertz CT molecular complexity index is 469. The Morgan fingerprint density at radius 2 is 2.20 bits per heavy atom. The van der Waals surface area contributed by atoms with Crippen LogP contribution in [0.1, 0.15) is 38.2 Å². The lowest BCUT2D eigenvalue weighted by molar-refractivity contribution is -0.137. The first-order valence-corrected chi connectivity index (χ1v) is 8.12. The Hall–Kier alpha value is -0.870. The van der Waals surface area contributed by atoms with Crippen molar-refractivity contribution in [2.45, 2.75) is 44.7 Å². The SMILES string of the molecule is CCCC1(C(=O)N(C)Cc2ccccc2Br)CCCN1. The molecule has 1 amide bonds. The quantitative estimate of drug-likeness (QED) is 0.892. The van der Waals surface area contributed by atoms with Gasteiger partial charge in [0.25, 0.3) is 0 Å². The molecule has 0 aliphatic carbocycles. The summed E-state index contributed by atoms with van der Waals surface area (Å²) in [6.07, 6.45) is 4.00. The number of hydrogen-bond donors (Lipinski definition) is 1. The second kappa shape index (κ2) is 6.72. The minimum absolute atomic E-state index is 0.229. The van der Waals surface area contributed by atoms with E-state index in [1.807, 2.05) is 30.1 Å². The number of amides is 1. The minimum Gasteiger partial charge on any atom is -0.340 e. The van der Waals surface area contributed by atoms with E-state index in [-0.39, 0.29) is 11.4 Å². The van der Waals surface area contributed by atoms with E-state index in [2.05, 4.69) is 34.2 Å². The summed E-state index contributed by atoms with van der Waals surface area (Å²) in [5, 5.41) is 3.45. The first kappa shape index (κ1) is 15.5. The molecule has 1 unspecified atom stereocenters. The van der Waals surface area contributed by atoms with Gasteiger partial charge in [0.2, 0.25) is 5.91 Å². The van der Waals surface area contributed by atoms with Crippen LogP contribution in [0.3, 0.4) is 0 Å². The summed E-state index contributed by atoms with van der Waals surface area (Å²) in [5.41, 5.74) is 0.818. The van der Waals surface area contributed by atoms with Gasteiger partial charge in [0.05, 0.1) is 5.54 Å². The van der Waals surface area contributed by atoms with Crippen molar-refractivity contribution in [1.29, 1.82) is 0 Å². The van der Waals surface area contributed by atoms with Crippen molar-refractivity contribution in [2.75, 3.05) is 13.6 Å². The highest BCUT2D eigenvalue weighted by atomic mass is 79.9. The van der Waals surface area contributed by atoms with Gasteiger partial charge >= 0.3 is 0 Å². The highest BCUT2D eigenvalue weighted by molar-refractivity contribution is 9.10. The van der Waals surface area contributed by atoms with Gasteiger partial charge in [-0.2, -0.15) is 0 Å². The normalized spacial score (nSPS) is 21.9. The summed E-state index contributed by atoms with van der Waals surface area (Å²) in [7, 11) is 1.90. The van der Waals surface area contributed by atoms with Gasteiger partial charge in [0.15, 0.2) is 0 Å². The molecular formula is C16H23BrN2O. The molecule has 1 aromatic carbocycles. The van der Waals surface area contributed by atoms with Crippen molar-refractivity contribution in [3.8, 4) is 0 Å². The second-order valence-electron chi connectivity index (χ2n) is 5.62. The molecule has 1 aliphatic heterocycles. The molecule has 1 N–H and O–H groups in total. The number of rotatable bonds is 5. The first-order valence-electron chi connectivity index (χ1n) is 7.33. The molecule has 0 radical (unpaired) electrons. The van der Waals surface area contributed by atoms with Crippen LogP contribution in [0.4, 0.5) is 0 Å². The van der Waals surface area contributed by atoms with Crippen molar-refractivity contribution >= 4 is 21.8 Å². The molecule has 0 saturated carbocycles. The maximum atomic E-state index is 12.8. The smallest absolute Gasteiger partial charge is 0.242 e. The summed E-state index contributed by atoms with van der Waals surface area (Å²) in [4.78, 5) is 14.7. The number of carbonyl (C=O) groups excluding carboxylic acids is 1. The van der Waals surface area contributed by atoms with Crippen LogP contribution < -0.4 is 5.32 Å². The van der Waals surface area contributed by atoms with Gasteiger partial charge in [-0.1, -0.05) is 47.5 Å². The van der Waals surface area contributed by atoms with Gasteiger partial charge in [0.1, 0.15) is 0 Å². The lowest BCUT2D eigenvalue weighted by Crippen LogP contribution is -2.53. The van der Waals surface area contributed by atoms with Crippen LogP contribution in [-0.2, 0) is 11.3 Å². The van der Waals surface area contributed by atoms with Gasteiger partial charge in [0, 0.05) is 18.1 Å². The number of hydrogen-bond acceptors (Lipinski definition) is 2. The van der Waals surface area contributed by atoms with Crippen LogP contribution in [-0.4, -0.2) is 29.9 Å². The lowest BCUT2D eigenvalue weighted by atomic mass is 9.90. The van der Waals surface area contributed by atoms with Crippen LogP contribution in [0.25, 0.3) is 0 Å². The molecule has 1 fully saturated rings. The van der Waals surface area contributed by atoms with E-state index < -0.39 is 0 Å². The number of carbonyl (C=O) groups is 1. The second-order valence-corrected chi connectivity index (χ2v) is 6.47. The molecule has 20 heavy (non-hydrogen) atoms. The fourth-order valence-electron chi connectivity index (χ4n) is 3.06. The number of nitrogens with one attached hydrogen (secondary N) is 1. The average molecular weight is 339 g/mol. The molecule has 1 saturated heterocycles. The fraction of sp³-hybridized carbons (Fsp3) is 0.562. The predicted octanol–water partition coefficient (Wildman–Crippen LogP) is 3.33. The first-order chi connectivity index (χ1) is 9.59. The largest absolute Gasteiger partial charge is 0.340 e. The molecule has 2 rings (SSSR count). The zero-order valence-corrected chi connectivity index (χ0v) is 13.9. The number of benzene rings is 1. The van der Waals surface area contributed by atoms with Crippen molar-refractivity contribution in [3.63, 3.8) is 0 Å². The summed E-state index contributed by atoms with van der Waals surface area (Å²) >= 11 is 3.55. The Labute approximate surface area is 129 Å². The molecule has 0 aromatic heterocycles. The Morgan fingerprint density at radius 1 is 1.45 bits per heavy atom. The van der Waals surface area contributed by atoms with Crippen LogP contribution in [0, 0.1) is 0 Å². The monoisotopic (exact) mass is 338 g/mol. The van der Waals surface area contributed by atoms with Gasteiger partial charge < -0.3 is 10.2 Å². The standard InChI is InChI=1S/C16H23BrN2O/c1-3-9-16(10-6-11-18-16)15(20)19(2)12-13-7-4-5-8-14(13)17/h4-5,7-8,18H,3,6,9-12H2,1-2H3. The molecule has 1 aliphatic rings. The van der Waals surface area contributed by atoms with E-state index >= 15 is 0 Å². The average Bonchev–Trinajstić information content (AvgIpc) is 2.90. The van der Waals surface area contributed by atoms with Gasteiger partial charge in [-0.15, -0.1) is 0 Å². The van der Waals surface area contributed by atoms with Crippen molar-refractivity contribution in [3.05, 3.63) is 34.3 Å². The highest BCUT2D eigenvalue weighted by Crippen LogP contribution is 2.28. The number of halogens is 1. The Kier molecular flexibility index (Phi) is 5.22. The molecule has 0 bridgehead atoms. The van der Waals surface area contributed by atoms with Crippen LogP contribution in [0.2, 0.25) is 0 Å². The van der Waals surface area contributed by atoms with Crippen molar-refractivity contribution < 1.29 is 4.79 Å². The van der Waals surface area contributed by atoms with Crippen LogP contribution in [0.15, 0.2) is 28.7 Å². The zero-order valence-electron chi connectivity index (χ0n) is 12.3. The summed E-state index contributed by atoms with van der Waals surface area (Å²) in [6.45, 7) is 3.74. The molecule has 1 aromatic rings. The van der Waals surface area contributed by atoms with E-state index in [0.717, 1.165) is 42.3 Å². The van der Waals surface area contributed by atoms with E-state index in [1.165, 1.54) is 0 Å². The van der Waals surface area contributed by atoms with Gasteiger partial charge in [-0.05, 0) is 37.4 Å². The third kappa shape index (κ3) is 3.23. The van der Waals surface area contributed by atoms with Crippen LogP contribution in [0.5, 0.6) is 0 Å². The van der Waals surface area contributed by atoms with Crippen molar-refractivity contribution in [1.82, 2.24) is 10.2 Å². The van der Waals surface area contributed by atoms with E-state index in [1.54, 1.807) is 0 Å². The Morgan fingerprint density at radius 3 is 2.80 bits per heavy atom. The molecule has 1 atom stereocenters. The van der Waals surface area contributed by atoms with E-state index in [0.29, 0.717) is 6.54 Å². The van der Waals surface area contributed by atoms with Crippen LogP contribution >= 0.6 is 15.9 Å². The predicted molar refractivity (Wildman–Crippen MR) is 85.5 cm³/mol. The molecule has 3 nitrogen and oxygen atoms in total. The summed E-state index contributed by atoms with van der Waals surface area (Å²) in [6, 6.07) is 8.08. The van der Waals surface area contributed by atoms with Crippen molar-refractivity contribution in [2.24, 2.45) is 0 Å². The molecular weight excluding hydrogens is 316 g/mol. The summed E-state index contributed by atoms with van der Waals surface area (Å²) < 4.78 is 1.06.